The lowest BCUT2D eigenvalue weighted by Crippen LogP contribution is -2.59. The summed E-state index contributed by atoms with van der Waals surface area (Å²) >= 11 is 0. The minimum atomic E-state index is -1.21. The van der Waals surface area contributed by atoms with Crippen molar-refractivity contribution in [1.29, 1.82) is 0 Å². The van der Waals surface area contributed by atoms with Crippen molar-refractivity contribution in [3.8, 4) is 0 Å². The Morgan fingerprint density at radius 1 is 1.16 bits per heavy atom. The second-order valence-electron chi connectivity index (χ2n) is 12.6. The highest BCUT2D eigenvalue weighted by Crippen LogP contribution is 2.64. The maximum Gasteiger partial charge on any atom is 0.250 e. The third-order valence-electron chi connectivity index (χ3n) is 9.57. The molecular formula is C32H44N6O5. The molecule has 5 rings (SSSR count). The van der Waals surface area contributed by atoms with Crippen LogP contribution in [0.4, 0.5) is 0 Å². The number of nitrogens with zero attached hydrogens (tertiary/aromatic N) is 6. The number of carbonyl (C=O) groups excluding carboxylic acids is 3. The SMILES string of the molecule is C=CCN(Cn1nnc2ccccc21)C(=O)C1N([C@@H](CO)C(C)C)C(=O)[C@@H]2[C@@H](C(=O)N(CC=C)CCC)[C@@]3(C)CCC12O3. The molecule has 3 aliphatic heterocycles. The number of ether oxygens (including phenoxy) is 1. The van der Waals surface area contributed by atoms with Gasteiger partial charge in [-0.05, 0) is 44.2 Å². The summed E-state index contributed by atoms with van der Waals surface area (Å²) in [6.45, 7) is 16.3. The summed E-state index contributed by atoms with van der Waals surface area (Å²) in [6, 6.07) is 5.83. The van der Waals surface area contributed by atoms with Gasteiger partial charge in [0, 0.05) is 19.6 Å². The van der Waals surface area contributed by atoms with Crippen LogP contribution in [0.2, 0.25) is 0 Å². The van der Waals surface area contributed by atoms with Gasteiger partial charge in [-0.25, -0.2) is 4.68 Å². The highest BCUT2D eigenvalue weighted by molar-refractivity contribution is 5.99. The Morgan fingerprint density at radius 2 is 1.86 bits per heavy atom. The minimum Gasteiger partial charge on any atom is -0.394 e. The molecule has 3 aliphatic rings. The molecule has 232 valence electrons. The molecular weight excluding hydrogens is 548 g/mol. The third kappa shape index (κ3) is 4.86. The lowest BCUT2D eigenvalue weighted by Gasteiger charge is -2.40. The van der Waals surface area contributed by atoms with Crippen molar-refractivity contribution in [3.05, 3.63) is 49.6 Å². The van der Waals surface area contributed by atoms with Crippen molar-refractivity contribution < 1.29 is 24.2 Å². The smallest absolute Gasteiger partial charge is 0.250 e. The van der Waals surface area contributed by atoms with Gasteiger partial charge in [-0.2, -0.15) is 0 Å². The van der Waals surface area contributed by atoms with Crippen LogP contribution in [0.1, 0.15) is 47.0 Å². The standard InChI is InChI=1S/C32H44N6O5/c1-7-16-35(17-8-2)28(40)25-26-29(41)38(24(19-39)21(4)5)27(32(26)15-14-31(25,6)43-32)30(42)36(18-9-3)20-37-23-13-11-10-12-22(23)33-34-37/h7,9-13,21,24-27,39H,1,3,8,14-20H2,2,4-6H3/t24-,25-,26-,27?,31+,32?/m0/s1. The molecule has 0 radical (unpaired) electrons. The van der Waals surface area contributed by atoms with Crippen LogP contribution < -0.4 is 0 Å². The lowest BCUT2D eigenvalue weighted by molar-refractivity contribution is -0.158. The summed E-state index contributed by atoms with van der Waals surface area (Å²) in [5, 5.41) is 19.1. The first kappa shape index (κ1) is 30.9. The summed E-state index contributed by atoms with van der Waals surface area (Å²) in [7, 11) is 0. The van der Waals surface area contributed by atoms with Crippen LogP contribution in [0.3, 0.4) is 0 Å². The second-order valence-corrected chi connectivity index (χ2v) is 12.6. The molecule has 11 heteroatoms. The normalized spacial score (nSPS) is 28.4. The zero-order chi connectivity index (χ0) is 31.1. The molecule has 1 spiro atoms. The van der Waals surface area contributed by atoms with E-state index in [0.717, 1.165) is 11.9 Å². The number of fused-ring (bicyclic) bond motifs is 2. The zero-order valence-electron chi connectivity index (χ0n) is 25.7. The average Bonchev–Trinajstić information content (AvgIpc) is 3.68. The van der Waals surface area contributed by atoms with Gasteiger partial charge in [0.1, 0.15) is 23.8 Å². The van der Waals surface area contributed by atoms with Crippen LogP contribution in [0, 0.1) is 17.8 Å². The van der Waals surface area contributed by atoms with E-state index in [9.17, 15) is 19.5 Å². The first-order valence-corrected chi connectivity index (χ1v) is 15.3. The number of para-hydroxylation sites is 1. The van der Waals surface area contributed by atoms with Crippen LogP contribution in [0.25, 0.3) is 11.0 Å². The van der Waals surface area contributed by atoms with Crippen molar-refractivity contribution in [3.63, 3.8) is 0 Å². The molecule has 4 heterocycles. The predicted molar refractivity (Wildman–Crippen MR) is 161 cm³/mol. The summed E-state index contributed by atoms with van der Waals surface area (Å²) in [5.74, 6) is -2.54. The number of rotatable bonds is 13. The molecule has 1 aromatic heterocycles. The predicted octanol–water partition coefficient (Wildman–Crippen LogP) is 2.61. The summed E-state index contributed by atoms with van der Waals surface area (Å²) in [4.78, 5) is 48.4. The Balaban J connectivity index is 1.59. The average molecular weight is 593 g/mol. The van der Waals surface area contributed by atoms with E-state index in [4.69, 9.17) is 4.74 Å². The summed E-state index contributed by atoms with van der Waals surface area (Å²) < 4.78 is 8.48. The minimum absolute atomic E-state index is 0.0827. The van der Waals surface area contributed by atoms with Gasteiger partial charge in [0.05, 0.1) is 35.6 Å². The van der Waals surface area contributed by atoms with Crippen LogP contribution >= 0.6 is 0 Å². The molecule has 1 aromatic carbocycles. The van der Waals surface area contributed by atoms with Gasteiger partial charge in [0.2, 0.25) is 17.7 Å². The van der Waals surface area contributed by atoms with Gasteiger partial charge in [-0.3, -0.25) is 14.4 Å². The molecule has 3 amide bonds. The zero-order valence-corrected chi connectivity index (χ0v) is 25.7. The van der Waals surface area contributed by atoms with Gasteiger partial charge in [0.25, 0.3) is 0 Å². The Hall–Kier alpha value is -3.57. The number of amides is 3. The van der Waals surface area contributed by atoms with Gasteiger partial charge in [-0.15, -0.1) is 18.3 Å². The van der Waals surface area contributed by atoms with E-state index in [0.29, 0.717) is 31.4 Å². The number of carbonyl (C=O) groups is 3. The number of benzene rings is 1. The highest BCUT2D eigenvalue weighted by atomic mass is 16.5. The molecule has 11 nitrogen and oxygen atoms in total. The molecule has 6 atom stereocenters. The number of aliphatic hydroxyl groups is 1. The molecule has 0 saturated carbocycles. The first-order valence-electron chi connectivity index (χ1n) is 15.3. The van der Waals surface area contributed by atoms with E-state index in [1.807, 2.05) is 52.0 Å². The quantitative estimate of drug-likeness (QED) is 0.355. The number of likely N-dealkylation sites (tertiary alicyclic amines) is 1. The summed E-state index contributed by atoms with van der Waals surface area (Å²) in [5.41, 5.74) is -0.632. The fraction of sp³-hybridized carbons (Fsp3) is 0.594. The van der Waals surface area contributed by atoms with Crippen LogP contribution in [0.5, 0.6) is 0 Å². The molecule has 2 bridgehead atoms. The topological polar surface area (TPSA) is 121 Å². The maximum absolute atomic E-state index is 14.8. The largest absolute Gasteiger partial charge is 0.394 e. The molecule has 43 heavy (non-hydrogen) atoms. The Bertz CT molecular complexity index is 1410. The molecule has 3 saturated heterocycles. The van der Waals surface area contributed by atoms with E-state index in [1.165, 1.54) is 4.90 Å². The molecule has 2 unspecified atom stereocenters. The van der Waals surface area contributed by atoms with Crippen molar-refractivity contribution in [1.82, 2.24) is 29.7 Å². The van der Waals surface area contributed by atoms with Crippen molar-refractivity contribution in [2.24, 2.45) is 17.8 Å². The summed E-state index contributed by atoms with van der Waals surface area (Å²) in [6.07, 6.45) is 5.08. The van der Waals surface area contributed by atoms with Crippen LogP contribution in [-0.2, 0) is 25.8 Å². The van der Waals surface area contributed by atoms with Gasteiger partial charge in [0.15, 0.2) is 0 Å². The van der Waals surface area contributed by atoms with Gasteiger partial charge < -0.3 is 24.5 Å². The van der Waals surface area contributed by atoms with Crippen molar-refractivity contribution in [2.45, 2.75) is 76.9 Å². The van der Waals surface area contributed by atoms with E-state index < -0.39 is 35.1 Å². The monoisotopic (exact) mass is 592 g/mol. The van der Waals surface area contributed by atoms with E-state index >= 15 is 0 Å². The van der Waals surface area contributed by atoms with E-state index in [-0.39, 0.29) is 43.5 Å². The number of aliphatic hydroxyl groups excluding tert-OH is 1. The number of hydrogen-bond donors (Lipinski definition) is 1. The van der Waals surface area contributed by atoms with E-state index in [2.05, 4.69) is 23.5 Å². The fourth-order valence-electron chi connectivity index (χ4n) is 7.64. The second kappa shape index (κ2) is 11.8. The molecule has 2 aromatic rings. The van der Waals surface area contributed by atoms with Crippen molar-refractivity contribution >= 4 is 28.8 Å². The number of aromatic nitrogens is 3. The molecule has 1 N–H and O–H groups in total. The Morgan fingerprint density at radius 3 is 2.51 bits per heavy atom. The Labute approximate surface area is 253 Å². The number of hydrogen-bond acceptors (Lipinski definition) is 7. The van der Waals surface area contributed by atoms with E-state index in [1.54, 1.807) is 26.6 Å². The highest BCUT2D eigenvalue weighted by Gasteiger charge is 2.79. The Kier molecular flexibility index (Phi) is 8.50. The van der Waals surface area contributed by atoms with Gasteiger partial charge >= 0.3 is 0 Å². The first-order chi connectivity index (χ1) is 20.6. The third-order valence-corrected chi connectivity index (χ3v) is 9.57. The van der Waals surface area contributed by atoms with Crippen LogP contribution in [0.15, 0.2) is 49.6 Å². The van der Waals surface area contributed by atoms with Gasteiger partial charge in [-0.1, -0.05) is 50.3 Å². The van der Waals surface area contributed by atoms with Crippen LogP contribution in [-0.4, -0.2) is 102 Å². The van der Waals surface area contributed by atoms with Crippen molar-refractivity contribution in [2.75, 3.05) is 26.2 Å². The molecule has 3 fully saturated rings. The fourth-order valence-corrected chi connectivity index (χ4v) is 7.64. The molecule has 0 aliphatic carbocycles. The maximum atomic E-state index is 14.8. The lowest BCUT2D eigenvalue weighted by atomic mass is 9.66.